The van der Waals surface area contributed by atoms with Crippen molar-refractivity contribution in [2.75, 3.05) is 33.4 Å². The van der Waals surface area contributed by atoms with Gasteiger partial charge in [0.05, 0.1) is 19.8 Å². The Morgan fingerprint density at radius 2 is 1.96 bits per heavy atom. The first-order valence-electron chi connectivity index (χ1n) is 8.70. The first kappa shape index (κ1) is 18.4. The molecule has 24 heavy (non-hydrogen) atoms. The van der Waals surface area contributed by atoms with Crippen molar-refractivity contribution in [2.45, 2.75) is 32.3 Å². The van der Waals surface area contributed by atoms with E-state index in [2.05, 4.69) is 15.6 Å². The Morgan fingerprint density at radius 1 is 1.21 bits per heavy atom. The lowest BCUT2D eigenvalue weighted by Crippen LogP contribution is -2.39. The van der Waals surface area contributed by atoms with E-state index in [-0.39, 0.29) is 12.0 Å². The Balaban J connectivity index is 1.72. The van der Waals surface area contributed by atoms with E-state index in [9.17, 15) is 5.11 Å². The maximum absolute atomic E-state index is 9.87. The number of aliphatic hydroxyl groups excluding tert-OH is 1. The van der Waals surface area contributed by atoms with Crippen LogP contribution in [0.15, 0.2) is 29.3 Å². The van der Waals surface area contributed by atoms with E-state index in [4.69, 9.17) is 9.47 Å². The minimum absolute atomic E-state index is 0.199. The van der Waals surface area contributed by atoms with Crippen LogP contribution in [0.1, 0.15) is 26.2 Å². The Bertz CT molecular complexity index is 505. The molecule has 0 aliphatic heterocycles. The standard InChI is InChI=1S/C18H29N3O3/c1-3-19-18(21-13-14-5-4-6-17(14)22)20-11-12-24-16-9-7-15(23-2)8-10-16/h7-10,14,17,22H,3-6,11-13H2,1-2H3,(H2,19,20,21). The Hall–Kier alpha value is -1.95. The molecule has 2 unspecified atom stereocenters. The molecule has 1 fully saturated rings. The van der Waals surface area contributed by atoms with Crippen LogP contribution < -0.4 is 20.1 Å². The molecule has 0 spiro atoms. The molecular weight excluding hydrogens is 306 g/mol. The van der Waals surface area contributed by atoms with Gasteiger partial charge in [0.1, 0.15) is 18.1 Å². The lowest BCUT2D eigenvalue weighted by Gasteiger charge is -2.15. The zero-order valence-corrected chi connectivity index (χ0v) is 14.6. The number of aliphatic hydroxyl groups is 1. The fourth-order valence-corrected chi connectivity index (χ4v) is 2.79. The van der Waals surface area contributed by atoms with E-state index in [0.717, 1.165) is 43.3 Å². The van der Waals surface area contributed by atoms with Gasteiger partial charge in [-0.15, -0.1) is 0 Å². The second-order valence-corrected chi connectivity index (χ2v) is 5.93. The third kappa shape index (κ3) is 5.92. The van der Waals surface area contributed by atoms with E-state index in [0.29, 0.717) is 19.7 Å². The summed E-state index contributed by atoms with van der Waals surface area (Å²) in [5, 5.41) is 16.4. The van der Waals surface area contributed by atoms with Crippen molar-refractivity contribution in [1.29, 1.82) is 0 Å². The van der Waals surface area contributed by atoms with Gasteiger partial charge in [-0.1, -0.05) is 6.42 Å². The second kappa shape index (κ2) is 10.0. The van der Waals surface area contributed by atoms with Crippen LogP contribution in [0.4, 0.5) is 0 Å². The monoisotopic (exact) mass is 335 g/mol. The number of nitrogens with one attached hydrogen (secondary N) is 2. The smallest absolute Gasteiger partial charge is 0.191 e. The van der Waals surface area contributed by atoms with Crippen molar-refractivity contribution < 1.29 is 14.6 Å². The molecule has 0 amide bonds. The van der Waals surface area contributed by atoms with Gasteiger partial charge in [-0.3, -0.25) is 4.99 Å². The molecule has 0 aromatic heterocycles. The summed E-state index contributed by atoms with van der Waals surface area (Å²) in [4.78, 5) is 4.58. The number of nitrogens with zero attached hydrogens (tertiary/aromatic N) is 1. The molecule has 2 rings (SSSR count). The second-order valence-electron chi connectivity index (χ2n) is 5.93. The number of guanidine groups is 1. The van der Waals surface area contributed by atoms with Gasteiger partial charge in [0.25, 0.3) is 0 Å². The fourth-order valence-electron chi connectivity index (χ4n) is 2.79. The molecule has 0 heterocycles. The highest BCUT2D eigenvalue weighted by atomic mass is 16.5. The summed E-state index contributed by atoms with van der Waals surface area (Å²) in [5.41, 5.74) is 0. The van der Waals surface area contributed by atoms with Crippen LogP contribution in [0.25, 0.3) is 0 Å². The van der Waals surface area contributed by atoms with Crippen LogP contribution in [-0.2, 0) is 0 Å². The molecule has 1 aliphatic rings. The predicted molar refractivity (Wildman–Crippen MR) is 95.8 cm³/mol. The Morgan fingerprint density at radius 3 is 2.58 bits per heavy atom. The average Bonchev–Trinajstić information content (AvgIpc) is 3.02. The predicted octanol–water partition coefficient (Wildman–Crippen LogP) is 1.79. The van der Waals surface area contributed by atoms with E-state index >= 15 is 0 Å². The first-order chi connectivity index (χ1) is 11.7. The van der Waals surface area contributed by atoms with E-state index in [1.165, 1.54) is 0 Å². The lowest BCUT2D eigenvalue weighted by atomic mass is 10.1. The third-order valence-corrected chi connectivity index (χ3v) is 4.17. The molecule has 6 nitrogen and oxygen atoms in total. The SMILES string of the molecule is CCNC(=NCC1CCCC1O)NCCOc1ccc(OC)cc1. The molecule has 1 aromatic rings. The van der Waals surface area contributed by atoms with Crippen LogP contribution in [0.5, 0.6) is 11.5 Å². The summed E-state index contributed by atoms with van der Waals surface area (Å²) in [5.74, 6) is 2.69. The fraction of sp³-hybridized carbons (Fsp3) is 0.611. The Kier molecular flexibility index (Phi) is 7.68. The van der Waals surface area contributed by atoms with Crippen molar-refractivity contribution in [2.24, 2.45) is 10.9 Å². The zero-order chi connectivity index (χ0) is 17.2. The lowest BCUT2D eigenvalue weighted by molar-refractivity contribution is 0.136. The van der Waals surface area contributed by atoms with Gasteiger partial charge >= 0.3 is 0 Å². The van der Waals surface area contributed by atoms with Crippen LogP contribution in [0.3, 0.4) is 0 Å². The first-order valence-corrected chi connectivity index (χ1v) is 8.70. The van der Waals surface area contributed by atoms with E-state index in [1.807, 2.05) is 31.2 Å². The molecule has 1 saturated carbocycles. The summed E-state index contributed by atoms with van der Waals surface area (Å²) in [6.45, 7) is 4.71. The molecule has 0 bridgehead atoms. The van der Waals surface area contributed by atoms with Crippen LogP contribution >= 0.6 is 0 Å². The summed E-state index contributed by atoms with van der Waals surface area (Å²) >= 11 is 0. The largest absolute Gasteiger partial charge is 0.497 e. The Labute approximate surface area is 144 Å². The molecule has 0 saturated heterocycles. The van der Waals surface area contributed by atoms with E-state index in [1.54, 1.807) is 7.11 Å². The molecule has 3 N–H and O–H groups in total. The third-order valence-electron chi connectivity index (χ3n) is 4.17. The minimum Gasteiger partial charge on any atom is -0.497 e. The summed E-state index contributed by atoms with van der Waals surface area (Å²) in [7, 11) is 1.64. The number of ether oxygens (including phenoxy) is 2. The van der Waals surface area contributed by atoms with Crippen molar-refractivity contribution in [3.63, 3.8) is 0 Å². The van der Waals surface area contributed by atoms with Gasteiger partial charge < -0.3 is 25.2 Å². The van der Waals surface area contributed by atoms with Crippen LogP contribution in [0, 0.1) is 5.92 Å². The molecule has 0 radical (unpaired) electrons. The molecular formula is C18H29N3O3. The van der Waals surface area contributed by atoms with Gasteiger partial charge in [0, 0.05) is 19.0 Å². The van der Waals surface area contributed by atoms with Gasteiger partial charge in [0.15, 0.2) is 5.96 Å². The zero-order valence-electron chi connectivity index (χ0n) is 14.6. The molecule has 2 atom stereocenters. The topological polar surface area (TPSA) is 75.1 Å². The van der Waals surface area contributed by atoms with Gasteiger partial charge in [-0.25, -0.2) is 0 Å². The maximum Gasteiger partial charge on any atom is 0.191 e. The molecule has 1 aliphatic carbocycles. The van der Waals surface area contributed by atoms with Crippen LogP contribution in [-0.4, -0.2) is 50.5 Å². The van der Waals surface area contributed by atoms with Crippen molar-refractivity contribution in [3.8, 4) is 11.5 Å². The van der Waals surface area contributed by atoms with Crippen molar-refractivity contribution >= 4 is 5.96 Å². The summed E-state index contributed by atoms with van der Waals surface area (Å²) in [6.07, 6.45) is 2.86. The normalized spacial score (nSPS) is 20.7. The number of aliphatic imine (C=N–C) groups is 1. The maximum atomic E-state index is 9.87. The quantitative estimate of drug-likeness (QED) is 0.384. The van der Waals surface area contributed by atoms with E-state index < -0.39 is 0 Å². The van der Waals surface area contributed by atoms with Gasteiger partial charge in [-0.2, -0.15) is 0 Å². The molecule has 1 aromatic carbocycles. The number of rotatable bonds is 8. The number of methoxy groups -OCH3 is 1. The van der Waals surface area contributed by atoms with Gasteiger partial charge in [-0.05, 0) is 44.0 Å². The van der Waals surface area contributed by atoms with Crippen molar-refractivity contribution in [3.05, 3.63) is 24.3 Å². The molecule has 6 heteroatoms. The highest BCUT2D eigenvalue weighted by Crippen LogP contribution is 2.25. The highest BCUT2D eigenvalue weighted by molar-refractivity contribution is 5.79. The highest BCUT2D eigenvalue weighted by Gasteiger charge is 2.24. The van der Waals surface area contributed by atoms with Crippen LogP contribution in [0.2, 0.25) is 0 Å². The van der Waals surface area contributed by atoms with Crippen molar-refractivity contribution in [1.82, 2.24) is 10.6 Å². The summed E-state index contributed by atoms with van der Waals surface area (Å²) < 4.78 is 10.8. The average molecular weight is 335 g/mol. The van der Waals surface area contributed by atoms with Gasteiger partial charge in [0.2, 0.25) is 0 Å². The number of hydrogen-bond acceptors (Lipinski definition) is 4. The number of hydrogen-bond donors (Lipinski definition) is 3. The number of benzene rings is 1. The molecule has 134 valence electrons. The summed E-state index contributed by atoms with van der Waals surface area (Å²) in [6, 6.07) is 7.53. The minimum atomic E-state index is -0.199.